The number of halogens is 1. The van der Waals surface area contributed by atoms with E-state index in [2.05, 4.69) is 22.0 Å². The van der Waals surface area contributed by atoms with Crippen LogP contribution in [0.15, 0.2) is 42.6 Å². The first kappa shape index (κ1) is 13.8. The van der Waals surface area contributed by atoms with Gasteiger partial charge in [0.2, 0.25) is 0 Å². The van der Waals surface area contributed by atoms with Crippen LogP contribution in [-0.4, -0.2) is 28.4 Å². The molecular weight excluding hydrogens is 265 g/mol. The van der Waals surface area contributed by atoms with Gasteiger partial charge in [0.15, 0.2) is 11.5 Å². The Labute approximate surface area is 123 Å². The van der Waals surface area contributed by atoms with Gasteiger partial charge in [0.25, 0.3) is 0 Å². The fourth-order valence-electron chi connectivity index (χ4n) is 2.48. The monoisotopic (exact) mass is 283 g/mol. The van der Waals surface area contributed by atoms with E-state index >= 15 is 0 Å². The molecule has 108 valence electrons. The molecule has 3 aromatic rings. The molecule has 21 heavy (non-hydrogen) atoms. The van der Waals surface area contributed by atoms with Crippen molar-refractivity contribution in [2.75, 3.05) is 14.1 Å². The molecule has 0 bridgehead atoms. The zero-order valence-electron chi connectivity index (χ0n) is 12.5. The molecule has 0 aliphatic carbocycles. The Bertz CT molecular complexity index is 773. The van der Waals surface area contributed by atoms with Gasteiger partial charge in [-0.05, 0) is 33.2 Å². The predicted molar refractivity (Wildman–Crippen MR) is 82.7 cm³/mol. The van der Waals surface area contributed by atoms with E-state index in [4.69, 9.17) is 0 Å². The van der Waals surface area contributed by atoms with Gasteiger partial charge in [-0.2, -0.15) is 0 Å². The second-order valence-corrected chi connectivity index (χ2v) is 5.56. The van der Waals surface area contributed by atoms with Crippen molar-refractivity contribution in [1.29, 1.82) is 0 Å². The summed E-state index contributed by atoms with van der Waals surface area (Å²) in [5.74, 6) is -0.295. The van der Waals surface area contributed by atoms with Crippen molar-refractivity contribution in [3.05, 3.63) is 59.7 Å². The average molecular weight is 283 g/mol. The van der Waals surface area contributed by atoms with Crippen LogP contribution in [0.4, 0.5) is 4.39 Å². The Morgan fingerprint density at radius 2 is 1.86 bits per heavy atom. The molecule has 2 heterocycles. The first-order valence-corrected chi connectivity index (χ1v) is 6.93. The fraction of sp³-hybridized carbons (Fsp3) is 0.235. The Morgan fingerprint density at radius 3 is 2.52 bits per heavy atom. The summed E-state index contributed by atoms with van der Waals surface area (Å²) in [5.41, 5.74) is 4.43. The Kier molecular flexibility index (Phi) is 3.47. The largest absolute Gasteiger partial charge is 0.304 e. The highest BCUT2D eigenvalue weighted by atomic mass is 19.1. The van der Waals surface area contributed by atoms with Gasteiger partial charge in [0.1, 0.15) is 0 Å². The predicted octanol–water partition coefficient (Wildman–Crippen LogP) is 3.51. The van der Waals surface area contributed by atoms with Gasteiger partial charge in [-0.15, -0.1) is 0 Å². The van der Waals surface area contributed by atoms with Gasteiger partial charge in [-0.1, -0.05) is 29.8 Å². The summed E-state index contributed by atoms with van der Waals surface area (Å²) in [4.78, 5) is 6.59. The quantitative estimate of drug-likeness (QED) is 0.733. The van der Waals surface area contributed by atoms with Gasteiger partial charge >= 0.3 is 0 Å². The zero-order valence-corrected chi connectivity index (χ0v) is 12.5. The van der Waals surface area contributed by atoms with Crippen LogP contribution in [0.2, 0.25) is 0 Å². The number of rotatable bonds is 3. The maximum absolute atomic E-state index is 14.0. The molecule has 3 rings (SSSR count). The Hall–Kier alpha value is -2.20. The SMILES string of the molecule is Cc1ccc(-c2nc3c(F)cccn3c2CN(C)C)cc1. The van der Waals surface area contributed by atoms with Crippen LogP contribution in [0.25, 0.3) is 16.9 Å². The van der Waals surface area contributed by atoms with Crippen LogP contribution in [0, 0.1) is 12.7 Å². The second-order valence-electron chi connectivity index (χ2n) is 5.56. The third-order valence-corrected chi connectivity index (χ3v) is 3.49. The Balaban J connectivity index is 2.25. The van der Waals surface area contributed by atoms with E-state index in [0.29, 0.717) is 12.2 Å². The first-order chi connectivity index (χ1) is 10.1. The average Bonchev–Trinajstić information content (AvgIpc) is 2.80. The number of fused-ring (bicyclic) bond motifs is 1. The van der Waals surface area contributed by atoms with Crippen LogP contribution in [0.1, 0.15) is 11.3 Å². The van der Waals surface area contributed by atoms with Gasteiger partial charge in [-0.25, -0.2) is 9.37 Å². The summed E-state index contributed by atoms with van der Waals surface area (Å²) in [6.07, 6.45) is 1.86. The lowest BCUT2D eigenvalue weighted by atomic mass is 10.1. The van der Waals surface area contributed by atoms with Gasteiger partial charge in [0.05, 0.1) is 11.4 Å². The summed E-state index contributed by atoms with van der Waals surface area (Å²) in [6.45, 7) is 2.75. The number of nitrogens with zero attached hydrogens (tertiary/aromatic N) is 3. The smallest absolute Gasteiger partial charge is 0.174 e. The summed E-state index contributed by atoms with van der Waals surface area (Å²) in [7, 11) is 4.00. The molecule has 0 amide bonds. The molecule has 0 saturated heterocycles. The number of pyridine rings is 1. The Morgan fingerprint density at radius 1 is 1.14 bits per heavy atom. The van der Waals surface area contributed by atoms with Crippen molar-refractivity contribution >= 4 is 5.65 Å². The zero-order chi connectivity index (χ0) is 15.0. The maximum atomic E-state index is 14.0. The molecule has 0 atom stereocenters. The normalized spacial score (nSPS) is 11.5. The van der Waals surface area contributed by atoms with Crippen LogP contribution in [0.3, 0.4) is 0 Å². The van der Waals surface area contributed by atoms with Crippen molar-refractivity contribution in [3.8, 4) is 11.3 Å². The lowest BCUT2D eigenvalue weighted by Gasteiger charge is -2.11. The number of aromatic nitrogens is 2. The van der Waals surface area contributed by atoms with Gasteiger partial charge in [0, 0.05) is 18.3 Å². The van der Waals surface area contributed by atoms with Crippen molar-refractivity contribution in [2.45, 2.75) is 13.5 Å². The minimum absolute atomic E-state index is 0.295. The van der Waals surface area contributed by atoms with E-state index in [1.165, 1.54) is 11.6 Å². The van der Waals surface area contributed by atoms with E-state index in [1.807, 2.05) is 43.7 Å². The second kappa shape index (κ2) is 5.30. The number of aryl methyl sites for hydroxylation is 1. The summed E-state index contributed by atoms with van der Waals surface area (Å²) < 4.78 is 15.8. The van der Waals surface area contributed by atoms with E-state index < -0.39 is 0 Å². The molecule has 0 N–H and O–H groups in total. The first-order valence-electron chi connectivity index (χ1n) is 6.93. The molecular formula is C17H18FN3. The topological polar surface area (TPSA) is 20.5 Å². The number of hydrogen-bond donors (Lipinski definition) is 0. The van der Waals surface area contributed by atoms with Gasteiger partial charge in [-0.3, -0.25) is 4.40 Å². The van der Waals surface area contributed by atoms with Crippen LogP contribution >= 0.6 is 0 Å². The molecule has 0 fully saturated rings. The third-order valence-electron chi connectivity index (χ3n) is 3.49. The summed E-state index contributed by atoms with van der Waals surface area (Å²) in [5, 5.41) is 0. The highest BCUT2D eigenvalue weighted by Gasteiger charge is 2.16. The van der Waals surface area contributed by atoms with Crippen molar-refractivity contribution in [1.82, 2.24) is 14.3 Å². The molecule has 0 unspecified atom stereocenters. The lowest BCUT2D eigenvalue weighted by molar-refractivity contribution is 0.396. The van der Waals surface area contributed by atoms with E-state index in [-0.39, 0.29) is 5.82 Å². The fourth-order valence-corrected chi connectivity index (χ4v) is 2.48. The molecule has 4 heteroatoms. The van der Waals surface area contributed by atoms with E-state index in [1.54, 1.807) is 6.07 Å². The van der Waals surface area contributed by atoms with Crippen LogP contribution < -0.4 is 0 Å². The third kappa shape index (κ3) is 2.54. The molecule has 0 spiro atoms. The molecule has 2 aromatic heterocycles. The van der Waals surface area contributed by atoms with Crippen molar-refractivity contribution in [2.24, 2.45) is 0 Å². The lowest BCUT2D eigenvalue weighted by Crippen LogP contribution is -2.13. The van der Waals surface area contributed by atoms with Crippen molar-refractivity contribution < 1.29 is 4.39 Å². The van der Waals surface area contributed by atoms with Crippen molar-refractivity contribution in [3.63, 3.8) is 0 Å². The number of benzene rings is 1. The maximum Gasteiger partial charge on any atom is 0.174 e. The molecule has 0 aliphatic rings. The van der Waals surface area contributed by atoms with Crippen LogP contribution in [-0.2, 0) is 6.54 Å². The highest BCUT2D eigenvalue weighted by Crippen LogP contribution is 2.26. The van der Waals surface area contributed by atoms with Crippen LogP contribution in [0.5, 0.6) is 0 Å². The molecule has 1 aromatic carbocycles. The number of imidazole rings is 1. The standard InChI is InChI=1S/C17H18FN3/c1-12-6-8-13(9-7-12)16-15(11-20(2)3)21-10-4-5-14(18)17(21)19-16/h4-10H,11H2,1-3H3. The molecule has 0 saturated carbocycles. The van der Waals surface area contributed by atoms with Gasteiger partial charge < -0.3 is 4.90 Å². The molecule has 0 aliphatic heterocycles. The van der Waals surface area contributed by atoms with E-state index in [0.717, 1.165) is 17.0 Å². The molecule has 3 nitrogen and oxygen atoms in total. The highest BCUT2D eigenvalue weighted by molar-refractivity contribution is 5.67. The summed E-state index contributed by atoms with van der Waals surface area (Å²) in [6, 6.07) is 11.3. The molecule has 0 radical (unpaired) electrons. The van der Waals surface area contributed by atoms with E-state index in [9.17, 15) is 4.39 Å². The minimum Gasteiger partial charge on any atom is -0.304 e. The summed E-state index contributed by atoms with van der Waals surface area (Å²) >= 11 is 0. The number of hydrogen-bond acceptors (Lipinski definition) is 2. The minimum atomic E-state index is -0.295.